The van der Waals surface area contributed by atoms with Crippen molar-refractivity contribution in [2.75, 3.05) is 19.8 Å². The van der Waals surface area contributed by atoms with Gasteiger partial charge >= 0.3 is 0 Å². The second-order valence-corrected chi connectivity index (χ2v) is 7.30. The summed E-state index contributed by atoms with van der Waals surface area (Å²) in [6, 6.07) is 3.72. The molecule has 3 heterocycles. The molecule has 6 heteroatoms. The van der Waals surface area contributed by atoms with Crippen LogP contribution < -0.4 is 5.32 Å². The first-order valence-corrected chi connectivity index (χ1v) is 9.52. The van der Waals surface area contributed by atoms with Crippen molar-refractivity contribution in [1.29, 1.82) is 0 Å². The number of aromatic nitrogens is 3. The van der Waals surface area contributed by atoms with Crippen molar-refractivity contribution >= 4 is 11.6 Å². The molecular formula is C19H26N4O2. The molecule has 0 bridgehead atoms. The van der Waals surface area contributed by atoms with Crippen LogP contribution >= 0.6 is 0 Å². The topological polar surface area (TPSA) is 68.5 Å². The van der Waals surface area contributed by atoms with Gasteiger partial charge in [-0.3, -0.25) is 9.20 Å². The highest BCUT2D eigenvalue weighted by molar-refractivity contribution is 5.94. The van der Waals surface area contributed by atoms with E-state index < -0.39 is 0 Å². The average molecular weight is 342 g/mol. The maximum Gasteiger partial charge on any atom is 0.252 e. The molecule has 25 heavy (non-hydrogen) atoms. The van der Waals surface area contributed by atoms with Gasteiger partial charge in [0.2, 0.25) is 0 Å². The number of amides is 1. The molecular weight excluding hydrogens is 316 g/mol. The van der Waals surface area contributed by atoms with Gasteiger partial charge in [-0.1, -0.05) is 19.3 Å². The minimum atomic E-state index is -0.000832. The number of hydrogen-bond donors (Lipinski definition) is 1. The molecule has 4 rings (SSSR count). The van der Waals surface area contributed by atoms with Gasteiger partial charge < -0.3 is 10.1 Å². The van der Waals surface area contributed by atoms with Crippen molar-refractivity contribution in [1.82, 2.24) is 19.9 Å². The Labute approximate surface area is 148 Å². The van der Waals surface area contributed by atoms with Crippen molar-refractivity contribution in [3.05, 3.63) is 29.7 Å². The molecule has 0 unspecified atom stereocenters. The van der Waals surface area contributed by atoms with E-state index in [9.17, 15) is 4.79 Å². The average Bonchev–Trinajstić information content (AvgIpc) is 3.11. The monoisotopic (exact) mass is 342 g/mol. The van der Waals surface area contributed by atoms with Crippen LogP contribution in [0.4, 0.5) is 0 Å². The number of rotatable bonds is 4. The SMILES string of the molecule is O=C(NCC1CCCCC1)c1ccc2nnc(C3CCOCC3)n2c1. The molecule has 0 radical (unpaired) electrons. The van der Waals surface area contributed by atoms with Crippen molar-refractivity contribution in [3.63, 3.8) is 0 Å². The fraction of sp³-hybridized carbons (Fsp3) is 0.632. The zero-order valence-corrected chi connectivity index (χ0v) is 14.6. The Balaban J connectivity index is 1.48. The first kappa shape index (κ1) is 16.5. The van der Waals surface area contributed by atoms with Crippen LogP contribution in [-0.4, -0.2) is 40.3 Å². The lowest BCUT2D eigenvalue weighted by Crippen LogP contribution is -2.30. The molecule has 2 aromatic heterocycles. The zero-order chi connectivity index (χ0) is 17.1. The van der Waals surface area contributed by atoms with Gasteiger partial charge in [0, 0.05) is 31.9 Å². The second-order valence-electron chi connectivity index (χ2n) is 7.30. The van der Waals surface area contributed by atoms with Crippen LogP contribution in [0, 0.1) is 5.92 Å². The molecule has 1 saturated heterocycles. The highest BCUT2D eigenvalue weighted by atomic mass is 16.5. The summed E-state index contributed by atoms with van der Waals surface area (Å²) in [5.74, 6) is 1.93. The number of carbonyl (C=O) groups excluding carboxylic acids is 1. The highest BCUT2D eigenvalue weighted by Crippen LogP contribution is 2.26. The van der Waals surface area contributed by atoms with Crippen LogP contribution in [0.2, 0.25) is 0 Å². The van der Waals surface area contributed by atoms with Gasteiger partial charge in [0.25, 0.3) is 5.91 Å². The molecule has 1 saturated carbocycles. The van der Waals surface area contributed by atoms with E-state index in [4.69, 9.17) is 4.74 Å². The summed E-state index contributed by atoms with van der Waals surface area (Å²) in [6.45, 7) is 2.31. The molecule has 2 fully saturated rings. The highest BCUT2D eigenvalue weighted by Gasteiger charge is 2.22. The minimum absolute atomic E-state index is 0.000832. The van der Waals surface area contributed by atoms with Crippen molar-refractivity contribution in [2.45, 2.75) is 50.9 Å². The Hall–Kier alpha value is -1.95. The fourth-order valence-electron chi connectivity index (χ4n) is 4.01. The lowest BCUT2D eigenvalue weighted by atomic mass is 9.89. The third kappa shape index (κ3) is 3.68. The van der Waals surface area contributed by atoms with Gasteiger partial charge in [-0.2, -0.15) is 0 Å². The lowest BCUT2D eigenvalue weighted by Gasteiger charge is -2.22. The van der Waals surface area contributed by atoms with Gasteiger partial charge in [-0.15, -0.1) is 10.2 Å². The standard InChI is InChI=1S/C19H26N4O2/c24-19(20-12-14-4-2-1-3-5-14)16-6-7-17-21-22-18(23(17)13-16)15-8-10-25-11-9-15/h6-7,13-15H,1-5,8-12H2,(H,20,24). The molecule has 2 aromatic rings. The number of hydrogen-bond acceptors (Lipinski definition) is 4. The molecule has 1 amide bonds. The largest absolute Gasteiger partial charge is 0.381 e. The quantitative estimate of drug-likeness (QED) is 0.927. The van der Waals surface area contributed by atoms with Crippen LogP contribution in [0.3, 0.4) is 0 Å². The summed E-state index contributed by atoms with van der Waals surface area (Å²) in [5, 5.41) is 11.7. The number of pyridine rings is 1. The number of fused-ring (bicyclic) bond motifs is 1. The number of nitrogens with zero attached hydrogens (tertiary/aromatic N) is 3. The Morgan fingerprint density at radius 3 is 2.72 bits per heavy atom. The molecule has 2 aliphatic rings. The normalized spacial score (nSPS) is 20.0. The Bertz CT molecular complexity index is 730. The molecule has 1 aliphatic carbocycles. The van der Waals surface area contributed by atoms with Crippen molar-refractivity contribution < 1.29 is 9.53 Å². The van der Waals surface area contributed by atoms with Gasteiger partial charge in [0.15, 0.2) is 5.65 Å². The van der Waals surface area contributed by atoms with E-state index in [1.54, 1.807) is 0 Å². The van der Waals surface area contributed by atoms with E-state index in [2.05, 4.69) is 15.5 Å². The third-order valence-electron chi connectivity index (χ3n) is 5.55. The molecule has 0 aromatic carbocycles. The van der Waals surface area contributed by atoms with E-state index in [0.29, 0.717) is 17.4 Å². The van der Waals surface area contributed by atoms with E-state index in [0.717, 1.165) is 44.1 Å². The molecule has 6 nitrogen and oxygen atoms in total. The lowest BCUT2D eigenvalue weighted by molar-refractivity contribution is 0.0833. The predicted molar refractivity (Wildman–Crippen MR) is 94.7 cm³/mol. The van der Waals surface area contributed by atoms with Crippen molar-refractivity contribution in [3.8, 4) is 0 Å². The number of nitrogens with one attached hydrogen (secondary N) is 1. The van der Waals surface area contributed by atoms with Crippen LogP contribution in [0.15, 0.2) is 18.3 Å². The smallest absolute Gasteiger partial charge is 0.252 e. The summed E-state index contributed by atoms with van der Waals surface area (Å²) in [5.41, 5.74) is 1.47. The second kappa shape index (κ2) is 7.52. The molecule has 1 aliphatic heterocycles. The van der Waals surface area contributed by atoms with Crippen LogP contribution in [0.25, 0.3) is 5.65 Å². The Morgan fingerprint density at radius 1 is 1.12 bits per heavy atom. The summed E-state index contributed by atoms with van der Waals surface area (Å²) < 4.78 is 7.42. The van der Waals surface area contributed by atoms with Gasteiger partial charge in [-0.25, -0.2) is 0 Å². The van der Waals surface area contributed by atoms with Gasteiger partial charge in [0.1, 0.15) is 5.82 Å². The summed E-state index contributed by atoms with van der Waals surface area (Å²) in [7, 11) is 0. The fourth-order valence-corrected chi connectivity index (χ4v) is 4.01. The molecule has 0 atom stereocenters. The third-order valence-corrected chi connectivity index (χ3v) is 5.55. The first-order valence-electron chi connectivity index (χ1n) is 9.52. The predicted octanol–water partition coefficient (Wildman–Crippen LogP) is 2.93. The van der Waals surface area contributed by atoms with Gasteiger partial charge in [-0.05, 0) is 43.7 Å². The number of ether oxygens (including phenoxy) is 1. The van der Waals surface area contributed by atoms with Crippen LogP contribution in [0.5, 0.6) is 0 Å². The molecule has 134 valence electrons. The maximum absolute atomic E-state index is 12.6. The molecule has 0 spiro atoms. The van der Waals surface area contributed by atoms with E-state index in [1.165, 1.54) is 32.1 Å². The molecule has 1 N–H and O–H groups in total. The Morgan fingerprint density at radius 2 is 1.92 bits per heavy atom. The summed E-state index contributed by atoms with van der Waals surface area (Å²) in [4.78, 5) is 12.6. The Kier molecular flexibility index (Phi) is 4.97. The summed E-state index contributed by atoms with van der Waals surface area (Å²) >= 11 is 0. The van der Waals surface area contributed by atoms with E-state index in [1.807, 2.05) is 22.7 Å². The minimum Gasteiger partial charge on any atom is -0.381 e. The van der Waals surface area contributed by atoms with E-state index >= 15 is 0 Å². The van der Waals surface area contributed by atoms with Crippen LogP contribution in [0.1, 0.15) is 67.0 Å². The summed E-state index contributed by atoms with van der Waals surface area (Å²) in [6.07, 6.45) is 10.2. The van der Waals surface area contributed by atoms with Crippen molar-refractivity contribution in [2.24, 2.45) is 5.92 Å². The number of carbonyl (C=O) groups is 1. The first-order chi connectivity index (χ1) is 12.3. The van der Waals surface area contributed by atoms with Crippen LogP contribution in [-0.2, 0) is 4.74 Å². The zero-order valence-electron chi connectivity index (χ0n) is 14.6. The van der Waals surface area contributed by atoms with Gasteiger partial charge in [0.05, 0.1) is 5.56 Å². The van der Waals surface area contributed by atoms with E-state index in [-0.39, 0.29) is 5.91 Å². The maximum atomic E-state index is 12.6.